The van der Waals surface area contributed by atoms with E-state index in [1.54, 1.807) is 6.07 Å². The second-order valence-electron chi connectivity index (χ2n) is 3.41. The Kier molecular flexibility index (Phi) is 5.14. The van der Waals surface area contributed by atoms with E-state index < -0.39 is 5.51 Å². The fourth-order valence-corrected chi connectivity index (χ4v) is 1.78. The van der Waals surface area contributed by atoms with Crippen molar-refractivity contribution in [3.05, 3.63) is 29.3 Å². The smallest absolute Gasteiger partial charge is 0.441 e. The molecule has 1 aromatic rings. The van der Waals surface area contributed by atoms with Crippen LogP contribution in [0.1, 0.15) is 11.1 Å². The van der Waals surface area contributed by atoms with Crippen LogP contribution in [0.3, 0.4) is 0 Å². The summed E-state index contributed by atoms with van der Waals surface area (Å²) in [5.41, 5.74) is 3.01. The molecule has 2 N–H and O–H groups in total. The number of rotatable bonds is 5. The number of hydrogen-bond acceptors (Lipinski definition) is 3. The number of alkyl halides is 3. The number of thioether (sulfide) groups is 1. The summed E-state index contributed by atoms with van der Waals surface area (Å²) >= 11 is -0.0841. The van der Waals surface area contributed by atoms with Gasteiger partial charge in [-0.2, -0.15) is 13.2 Å². The topological polar surface area (TPSA) is 35.2 Å². The number of halogens is 3. The van der Waals surface area contributed by atoms with Crippen LogP contribution in [0.15, 0.2) is 18.2 Å². The first-order chi connectivity index (χ1) is 7.94. The van der Waals surface area contributed by atoms with Gasteiger partial charge >= 0.3 is 5.51 Å². The van der Waals surface area contributed by atoms with Crippen LogP contribution in [0.4, 0.5) is 13.2 Å². The van der Waals surface area contributed by atoms with Gasteiger partial charge < -0.3 is 10.5 Å². The first-order valence-electron chi connectivity index (χ1n) is 5.06. The first kappa shape index (κ1) is 14.2. The number of hydrogen-bond donors (Lipinski definition) is 1. The van der Waals surface area contributed by atoms with Crippen LogP contribution in [0.2, 0.25) is 0 Å². The Morgan fingerprint density at radius 3 is 2.65 bits per heavy atom. The van der Waals surface area contributed by atoms with Gasteiger partial charge in [0.2, 0.25) is 0 Å². The molecule has 96 valence electrons. The third-order valence-corrected chi connectivity index (χ3v) is 2.81. The van der Waals surface area contributed by atoms with E-state index in [4.69, 9.17) is 10.5 Å². The second kappa shape index (κ2) is 6.16. The average Bonchev–Trinajstić information content (AvgIpc) is 2.24. The van der Waals surface area contributed by atoms with E-state index in [9.17, 15) is 13.2 Å². The minimum Gasteiger partial charge on any atom is -0.492 e. The third kappa shape index (κ3) is 4.87. The molecule has 0 saturated carbocycles. The van der Waals surface area contributed by atoms with E-state index in [1.165, 1.54) is 0 Å². The number of nitrogens with two attached hydrogens (primary N) is 1. The average molecular weight is 265 g/mol. The molecule has 0 aromatic heterocycles. The van der Waals surface area contributed by atoms with Gasteiger partial charge in [-0.25, -0.2) is 0 Å². The summed E-state index contributed by atoms with van der Waals surface area (Å²) in [4.78, 5) is 0. The van der Waals surface area contributed by atoms with Crippen molar-refractivity contribution >= 4 is 11.8 Å². The van der Waals surface area contributed by atoms with Crippen LogP contribution >= 0.6 is 11.8 Å². The minimum absolute atomic E-state index is 0.0159. The molecule has 0 aliphatic rings. The van der Waals surface area contributed by atoms with E-state index in [1.807, 2.05) is 19.1 Å². The molecule has 1 aromatic carbocycles. The molecule has 0 bridgehead atoms. The first-order valence-corrected chi connectivity index (χ1v) is 6.04. The monoisotopic (exact) mass is 265 g/mol. The maximum absolute atomic E-state index is 11.9. The van der Waals surface area contributed by atoms with Crippen LogP contribution in [0.5, 0.6) is 5.75 Å². The highest BCUT2D eigenvalue weighted by Gasteiger charge is 2.27. The molecule has 0 aliphatic heterocycles. The Bertz CT molecular complexity index is 368. The number of benzene rings is 1. The molecular weight excluding hydrogens is 251 g/mol. The van der Waals surface area contributed by atoms with Crippen molar-refractivity contribution in [1.29, 1.82) is 0 Å². The van der Waals surface area contributed by atoms with Crippen LogP contribution in [0.25, 0.3) is 0 Å². The minimum atomic E-state index is -4.20. The van der Waals surface area contributed by atoms with Crippen molar-refractivity contribution in [1.82, 2.24) is 0 Å². The van der Waals surface area contributed by atoms with Crippen molar-refractivity contribution in [2.45, 2.75) is 19.0 Å². The van der Waals surface area contributed by atoms with E-state index in [0.29, 0.717) is 12.3 Å². The molecular formula is C11H14F3NOS. The van der Waals surface area contributed by atoms with Crippen molar-refractivity contribution in [3.63, 3.8) is 0 Å². The van der Waals surface area contributed by atoms with Crippen molar-refractivity contribution < 1.29 is 17.9 Å². The lowest BCUT2D eigenvalue weighted by Gasteiger charge is -2.13. The van der Waals surface area contributed by atoms with Gasteiger partial charge in [0.1, 0.15) is 5.75 Å². The van der Waals surface area contributed by atoms with Crippen LogP contribution in [0, 0.1) is 6.92 Å². The lowest BCUT2D eigenvalue weighted by molar-refractivity contribution is -0.0329. The SMILES string of the molecule is Cc1cccc(CN)c1OCCSC(F)(F)F. The summed E-state index contributed by atoms with van der Waals surface area (Å²) in [6.07, 6.45) is 0. The molecule has 0 amide bonds. The molecule has 17 heavy (non-hydrogen) atoms. The van der Waals surface area contributed by atoms with Crippen LogP contribution in [-0.2, 0) is 6.54 Å². The molecule has 0 radical (unpaired) electrons. The highest BCUT2D eigenvalue weighted by atomic mass is 32.2. The second-order valence-corrected chi connectivity index (χ2v) is 4.57. The van der Waals surface area contributed by atoms with Crippen molar-refractivity contribution in [3.8, 4) is 5.75 Å². The van der Waals surface area contributed by atoms with Crippen LogP contribution < -0.4 is 10.5 Å². The van der Waals surface area contributed by atoms with Crippen LogP contribution in [-0.4, -0.2) is 17.9 Å². The van der Waals surface area contributed by atoms with E-state index in [0.717, 1.165) is 11.1 Å². The highest BCUT2D eigenvalue weighted by Crippen LogP contribution is 2.30. The summed E-state index contributed by atoms with van der Waals surface area (Å²) in [6, 6.07) is 5.49. The maximum Gasteiger partial charge on any atom is 0.441 e. The molecule has 0 saturated heterocycles. The largest absolute Gasteiger partial charge is 0.492 e. The standard InChI is InChI=1S/C11H14F3NOS/c1-8-3-2-4-9(7-15)10(8)16-5-6-17-11(12,13)14/h2-4H,5-7,15H2,1H3. The Morgan fingerprint density at radius 2 is 2.06 bits per heavy atom. The van der Waals surface area contributed by atoms with Gasteiger partial charge in [0.05, 0.1) is 6.61 Å². The maximum atomic E-state index is 11.9. The quantitative estimate of drug-likeness (QED) is 0.831. The molecule has 0 aliphatic carbocycles. The van der Waals surface area contributed by atoms with Crippen molar-refractivity contribution in [2.75, 3.05) is 12.4 Å². The summed E-state index contributed by atoms with van der Waals surface area (Å²) in [6.45, 7) is 2.16. The lowest BCUT2D eigenvalue weighted by Crippen LogP contribution is -2.10. The number of para-hydroxylation sites is 1. The lowest BCUT2D eigenvalue weighted by atomic mass is 10.1. The van der Waals surface area contributed by atoms with Gasteiger partial charge in [0.25, 0.3) is 0 Å². The molecule has 0 fully saturated rings. The summed E-state index contributed by atoms with van der Waals surface area (Å²) in [7, 11) is 0. The zero-order chi connectivity index (χ0) is 12.9. The summed E-state index contributed by atoms with van der Waals surface area (Å²) < 4.78 is 41.0. The Morgan fingerprint density at radius 1 is 1.35 bits per heavy atom. The zero-order valence-electron chi connectivity index (χ0n) is 9.38. The predicted octanol–water partition coefficient (Wildman–Crippen LogP) is 3.09. The van der Waals surface area contributed by atoms with Crippen molar-refractivity contribution in [2.24, 2.45) is 5.73 Å². The molecule has 1 rings (SSSR count). The van der Waals surface area contributed by atoms with E-state index >= 15 is 0 Å². The number of ether oxygens (including phenoxy) is 1. The molecule has 0 unspecified atom stereocenters. The fraction of sp³-hybridized carbons (Fsp3) is 0.455. The summed E-state index contributed by atoms with van der Waals surface area (Å²) in [5.74, 6) is 0.472. The van der Waals surface area contributed by atoms with Gasteiger partial charge in [-0.3, -0.25) is 0 Å². The molecule has 0 atom stereocenters. The van der Waals surface area contributed by atoms with Gasteiger partial charge in [0.15, 0.2) is 0 Å². The number of aryl methyl sites for hydroxylation is 1. The molecule has 0 heterocycles. The molecule has 6 heteroatoms. The third-order valence-electron chi connectivity index (χ3n) is 2.11. The highest BCUT2D eigenvalue weighted by molar-refractivity contribution is 8.00. The summed E-state index contributed by atoms with van der Waals surface area (Å²) in [5, 5.41) is 0. The zero-order valence-corrected chi connectivity index (χ0v) is 10.2. The van der Waals surface area contributed by atoms with Gasteiger partial charge in [-0.15, -0.1) is 0 Å². The predicted molar refractivity (Wildman–Crippen MR) is 63.1 cm³/mol. The van der Waals surface area contributed by atoms with Gasteiger partial charge in [-0.05, 0) is 24.2 Å². The molecule has 0 spiro atoms. The van der Waals surface area contributed by atoms with Gasteiger partial charge in [0, 0.05) is 17.9 Å². The van der Waals surface area contributed by atoms with E-state index in [2.05, 4.69) is 0 Å². The van der Waals surface area contributed by atoms with E-state index in [-0.39, 0.29) is 24.1 Å². The fourth-order valence-electron chi connectivity index (χ4n) is 1.38. The Hall–Kier alpha value is -0.880. The normalized spacial score (nSPS) is 11.6. The van der Waals surface area contributed by atoms with Gasteiger partial charge in [-0.1, -0.05) is 18.2 Å². The Labute approximate surface area is 102 Å². The Balaban J connectivity index is 2.52. The molecule has 2 nitrogen and oxygen atoms in total.